The van der Waals surface area contributed by atoms with Crippen LogP contribution >= 0.6 is 0 Å². The van der Waals surface area contributed by atoms with Crippen LogP contribution in [0, 0.1) is 11.3 Å². The molecule has 0 spiro atoms. The van der Waals surface area contributed by atoms with Crippen LogP contribution in [0.3, 0.4) is 0 Å². The van der Waals surface area contributed by atoms with Gasteiger partial charge in [-0.15, -0.1) is 0 Å². The highest BCUT2D eigenvalue weighted by molar-refractivity contribution is 6.00. The van der Waals surface area contributed by atoms with Crippen LogP contribution in [-0.4, -0.2) is 26.5 Å². The van der Waals surface area contributed by atoms with Gasteiger partial charge in [0.25, 0.3) is 5.91 Å². The Hall–Kier alpha value is -2.42. The first kappa shape index (κ1) is 11.1. The fourth-order valence-corrected chi connectivity index (χ4v) is 1.47. The number of hydrogen-bond acceptors (Lipinski definition) is 4. The molecule has 0 radical (unpaired) electrons. The van der Waals surface area contributed by atoms with Gasteiger partial charge in [0.15, 0.2) is 0 Å². The van der Waals surface area contributed by atoms with Gasteiger partial charge in [0.1, 0.15) is 6.04 Å². The van der Waals surface area contributed by atoms with Crippen molar-refractivity contribution in [1.82, 2.24) is 19.9 Å². The van der Waals surface area contributed by atoms with Crippen LogP contribution in [0.1, 0.15) is 23.7 Å². The van der Waals surface area contributed by atoms with Gasteiger partial charge in [0.05, 0.1) is 29.5 Å². The van der Waals surface area contributed by atoms with Crippen molar-refractivity contribution in [3.8, 4) is 6.07 Å². The van der Waals surface area contributed by atoms with E-state index in [1.807, 2.05) is 13.0 Å². The molecule has 0 aliphatic heterocycles. The molecule has 0 bridgehead atoms. The van der Waals surface area contributed by atoms with Crippen LogP contribution in [0.25, 0.3) is 5.52 Å². The Balaban J connectivity index is 2.28. The first-order valence-electron chi connectivity index (χ1n) is 5.24. The van der Waals surface area contributed by atoms with Gasteiger partial charge < -0.3 is 5.32 Å². The number of amides is 1. The average Bonchev–Trinajstić information content (AvgIpc) is 2.79. The Morgan fingerprint density at radius 3 is 3.18 bits per heavy atom. The largest absolute Gasteiger partial charge is 0.336 e. The van der Waals surface area contributed by atoms with Crippen molar-refractivity contribution in [2.24, 2.45) is 0 Å². The monoisotopic (exact) mass is 229 g/mol. The Kier molecular flexibility index (Phi) is 3.01. The lowest BCUT2D eigenvalue weighted by molar-refractivity contribution is 0.0946. The summed E-state index contributed by atoms with van der Waals surface area (Å²) in [6.45, 7) is 1.84. The van der Waals surface area contributed by atoms with E-state index in [2.05, 4.69) is 15.4 Å². The van der Waals surface area contributed by atoms with Crippen LogP contribution in [0.15, 0.2) is 24.8 Å². The number of aromatic nitrogens is 3. The molecule has 2 aromatic heterocycles. The zero-order valence-corrected chi connectivity index (χ0v) is 9.29. The molecule has 0 aromatic carbocycles. The summed E-state index contributed by atoms with van der Waals surface area (Å²) in [5, 5.41) is 15.4. The van der Waals surface area contributed by atoms with Crippen molar-refractivity contribution in [3.63, 3.8) is 0 Å². The molecule has 6 nitrogen and oxygen atoms in total. The number of nitrogens with one attached hydrogen (secondary N) is 1. The molecule has 0 aliphatic carbocycles. The van der Waals surface area contributed by atoms with Crippen molar-refractivity contribution >= 4 is 11.4 Å². The molecule has 0 aliphatic rings. The highest BCUT2D eigenvalue weighted by atomic mass is 16.1. The maximum atomic E-state index is 11.9. The maximum absolute atomic E-state index is 11.9. The predicted octanol–water partition coefficient (Wildman–Crippen LogP) is 0.761. The van der Waals surface area contributed by atoms with Crippen molar-refractivity contribution in [3.05, 3.63) is 30.4 Å². The molecule has 0 fully saturated rings. The number of hydrogen-bond donors (Lipinski definition) is 1. The molecule has 6 heteroatoms. The van der Waals surface area contributed by atoms with Gasteiger partial charge in [-0.25, -0.2) is 4.52 Å². The molecule has 2 heterocycles. The van der Waals surface area contributed by atoms with Gasteiger partial charge in [-0.2, -0.15) is 10.4 Å². The molecule has 86 valence electrons. The minimum Gasteiger partial charge on any atom is -0.336 e. The lowest BCUT2D eigenvalue weighted by Gasteiger charge is -2.07. The Morgan fingerprint density at radius 2 is 2.47 bits per heavy atom. The molecule has 1 N–H and O–H groups in total. The molecule has 1 atom stereocenters. The lowest BCUT2D eigenvalue weighted by Crippen LogP contribution is -2.33. The average molecular weight is 229 g/mol. The second-order valence-corrected chi connectivity index (χ2v) is 3.53. The number of rotatable bonds is 3. The van der Waals surface area contributed by atoms with E-state index in [9.17, 15) is 4.79 Å². The number of carbonyl (C=O) groups excluding carboxylic acids is 1. The summed E-state index contributed by atoms with van der Waals surface area (Å²) in [6.07, 6.45) is 6.85. The fourth-order valence-electron chi connectivity index (χ4n) is 1.47. The smallest absolute Gasteiger partial charge is 0.256 e. The van der Waals surface area contributed by atoms with Crippen LogP contribution in [0.2, 0.25) is 0 Å². The third-order valence-corrected chi connectivity index (χ3v) is 2.44. The van der Waals surface area contributed by atoms with Gasteiger partial charge in [-0.05, 0) is 6.42 Å². The van der Waals surface area contributed by atoms with Gasteiger partial charge in [-0.1, -0.05) is 6.92 Å². The van der Waals surface area contributed by atoms with Crippen molar-refractivity contribution in [2.45, 2.75) is 19.4 Å². The summed E-state index contributed by atoms with van der Waals surface area (Å²) in [5.41, 5.74) is 1.05. The zero-order valence-electron chi connectivity index (χ0n) is 9.29. The highest BCUT2D eigenvalue weighted by Crippen LogP contribution is 2.08. The predicted molar refractivity (Wildman–Crippen MR) is 60.1 cm³/mol. The quantitative estimate of drug-likeness (QED) is 0.842. The fraction of sp³-hybridized carbons (Fsp3) is 0.273. The van der Waals surface area contributed by atoms with Gasteiger partial charge in [-0.3, -0.25) is 9.78 Å². The Morgan fingerprint density at radius 1 is 1.65 bits per heavy atom. The molecule has 2 aromatic rings. The Labute approximate surface area is 97.9 Å². The SMILES string of the molecule is CCC(C#N)NC(=O)c1cnn2ccncc12. The standard InChI is InChI=1S/C11H11N5O/c1-2-8(5-12)15-11(17)9-6-14-16-4-3-13-7-10(9)16/h3-4,6-8H,2H2,1H3,(H,15,17). The van der Waals surface area contributed by atoms with E-state index in [0.29, 0.717) is 17.5 Å². The van der Waals surface area contributed by atoms with Crippen molar-refractivity contribution in [1.29, 1.82) is 5.26 Å². The maximum Gasteiger partial charge on any atom is 0.256 e. The minimum absolute atomic E-state index is 0.304. The van der Waals surface area contributed by atoms with Crippen molar-refractivity contribution < 1.29 is 4.79 Å². The normalized spacial score (nSPS) is 12.0. The zero-order chi connectivity index (χ0) is 12.3. The third-order valence-electron chi connectivity index (χ3n) is 2.44. The molecule has 0 saturated heterocycles. The van der Waals surface area contributed by atoms with Crippen LogP contribution in [0.5, 0.6) is 0 Å². The molecule has 2 rings (SSSR count). The molecule has 1 unspecified atom stereocenters. The van der Waals surface area contributed by atoms with E-state index in [4.69, 9.17) is 5.26 Å². The van der Waals surface area contributed by atoms with E-state index < -0.39 is 6.04 Å². The lowest BCUT2D eigenvalue weighted by atomic mass is 10.2. The highest BCUT2D eigenvalue weighted by Gasteiger charge is 2.15. The molecular weight excluding hydrogens is 218 g/mol. The van der Waals surface area contributed by atoms with E-state index in [1.54, 1.807) is 23.1 Å². The van der Waals surface area contributed by atoms with Gasteiger partial charge in [0.2, 0.25) is 0 Å². The van der Waals surface area contributed by atoms with E-state index in [1.165, 1.54) is 6.20 Å². The van der Waals surface area contributed by atoms with Gasteiger partial charge in [0, 0.05) is 12.4 Å². The number of nitrogens with zero attached hydrogens (tertiary/aromatic N) is 4. The summed E-state index contributed by atoms with van der Waals surface area (Å²) in [4.78, 5) is 15.8. The van der Waals surface area contributed by atoms with Crippen molar-refractivity contribution in [2.75, 3.05) is 0 Å². The summed E-state index contributed by atoms with van der Waals surface area (Å²) in [7, 11) is 0. The molecule has 17 heavy (non-hydrogen) atoms. The van der Waals surface area contributed by atoms with Crippen LogP contribution in [-0.2, 0) is 0 Å². The summed E-state index contributed by atoms with van der Waals surface area (Å²) < 4.78 is 1.56. The second-order valence-electron chi connectivity index (χ2n) is 3.53. The first-order chi connectivity index (χ1) is 8.26. The number of fused-ring (bicyclic) bond motifs is 1. The van der Waals surface area contributed by atoms with E-state index in [0.717, 1.165) is 0 Å². The Bertz CT molecular complexity index is 583. The molecule has 0 saturated carbocycles. The minimum atomic E-state index is -0.478. The van der Waals surface area contributed by atoms with Crippen LogP contribution in [0.4, 0.5) is 0 Å². The van der Waals surface area contributed by atoms with E-state index >= 15 is 0 Å². The van der Waals surface area contributed by atoms with Crippen LogP contribution < -0.4 is 5.32 Å². The molecule has 1 amide bonds. The second kappa shape index (κ2) is 4.61. The first-order valence-corrected chi connectivity index (χ1v) is 5.24. The summed E-state index contributed by atoms with van der Waals surface area (Å²) in [6, 6.07) is 1.54. The van der Waals surface area contributed by atoms with Gasteiger partial charge >= 0.3 is 0 Å². The number of carbonyl (C=O) groups is 1. The summed E-state index contributed by atoms with van der Waals surface area (Å²) >= 11 is 0. The third kappa shape index (κ3) is 2.08. The molecular formula is C11H11N5O. The summed E-state index contributed by atoms with van der Waals surface area (Å²) in [5.74, 6) is -0.304. The number of nitriles is 1. The topological polar surface area (TPSA) is 83.1 Å². The van der Waals surface area contributed by atoms with E-state index in [-0.39, 0.29) is 5.91 Å².